The van der Waals surface area contributed by atoms with Crippen molar-refractivity contribution in [3.63, 3.8) is 0 Å². The fourth-order valence-corrected chi connectivity index (χ4v) is 3.27. The van der Waals surface area contributed by atoms with Crippen molar-refractivity contribution >= 4 is 21.6 Å². The topological polar surface area (TPSA) is 75.3 Å². The molecule has 0 aliphatic carbocycles. The summed E-state index contributed by atoms with van der Waals surface area (Å²) in [4.78, 5) is 12.1. The Kier molecular flexibility index (Phi) is 5.97. The van der Waals surface area contributed by atoms with Gasteiger partial charge in [-0.15, -0.1) is 0 Å². The van der Waals surface area contributed by atoms with Crippen LogP contribution in [0.2, 0.25) is 0 Å². The van der Waals surface area contributed by atoms with Crippen LogP contribution in [-0.4, -0.2) is 20.9 Å². The van der Waals surface area contributed by atoms with E-state index in [1.54, 1.807) is 6.92 Å². The number of anilines is 1. The highest BCUT2D eigenvalue weighted by molar-refractivity contribution is 7.92. The summed E-state index contributed by atoms with van der Waals surface area (Å²) < 4.78 is 53.7. The van der Waals surface area contributed by atoms with Crippen molar-refractivity contribution in [3.05, 3.63) is 59.2 Å². The largest absolute Gasteiger partial charge is 0.352 e. The Labute approximate surface area is 151 Å². The smallest absolute Gasteiger partial charge is 0.262 e. The van der Waals surface area contributed by atoms with Crippen LogP contribution in [-0.2, 0) is 10.0 Å². The van der Waals surface area contributed by atoms with Crippen molar-refractivity contribution in [1.82, 2.24) is 5.32 Å². The van der Waals surface area contributed by atoms with Crippen LogP contribution < -0.4 is 10.0 Å². The van der Waals surface area contributed by atoms with Gasteiger partial charge in [0.15, 0.2) is 0 Å². The predicted molar refractivity (Wildman–Crippen MR) is 95.5 cm³/mol. The SMILES string of the molecule is Cc1ccc(S(=O)(=O)Nc2ccc(F)cc2F)cc1C(=O)NCC(C)C. The molecule has 0 atom stereocenters. The maximum atomic E-state index is 13.7. The van der Waals surface area contributed by atoms with Gasteiger partial charge in [-0.25, -0.2) is 17.2 Å². The summed E-state index contributed by atoms with van der Waals surface area (Å²) in [6, 6.07) is 6.57. The minimum atomic E-state index is -4.15. The van der Waals surface area contributed by atoms with Crippen LogP contribution in [0.25, 0.3) is 0 Å². The number of rotatable bonds is 6. The quantitative estimate of drug-likeness (QED) is 0.803. The van der Waals surface area contributed by atoms with Gasteiger partial charge in [0.05, 0.1) is 10.6 Å². The Morgan fingerprint density at radius 1 is 1.12 bits per heavy atom. The zero-order valence-corrected chi connectivity index (χ0v) is 15.5. The number of carbonyl (C=O) groups is 1. The molecule has 0 aromatic heterocycles. The fourth-order valence-electron chi connectivity index (χ4n) is 2.18. The van der Waals surface area contributed by atoms with Crippen molar-refractivity contribution in [2.75, 3.05) is 11.3 Å². The normalized spacial score (nSPS) is 11.5. The van der Waals surface area contributed by atoms with Gasteiger partial charge in [0.25, 0.3) is 15.9 Å². The maximum Gasteiger partial charge on any atom is 0.262 e. The van der Waals surface area contributed by atoms with Crippen LogP contribution in [0.4, 0.5) is 14.5 Å². The molecule has 26 heavy (non-hydrogen) atoms. The Balaban J connectivity index is 2.32. The van der Waals surface area contributed by atoms with E-state index in [0.717, 1.165) is 12.1 Å². The van der Waals surface area contributed by atoms with E-state index >= 15 is 0 Å². The Morgan fingerprint density at radius 2 is 1.81 bits per heavy atom. The molecule has 2 aromatic rings. The highest BCUT2D eigenvalue weighted by Crippen LogP contribution is 2.22. The lowest BCUT2D eigenvalue weighted by molar-refractivity contribution is 0.0948. The summed E-state index contributed by atoms with van der Waals surface area (Å²) >= 11 is 0. The van der Waals surface area contributed by atoms with E-state index in [0.29, 0.717) is 18.2 Å². The molecule has 0 saturated heterocycles. The Bertz CT molecular complexity index is 928. The van der Waals surface area contributed by atoms with Crippen molar-refractivity contribution < 1.29 is 22.0 Å². The number of nitrogens with one attached hydrogen (secondary N) is 2. The summed E-state index contributed by atoms with van der Waals surface area (Å²) in [5.41, 5.74) is 0.448. The van der Waals surface area contributed by atoms with Gasteiger partial charge in [0.2, 0.25) is 0 Å². The first kappa shape index (κ1) is 19.8. The molecular formula is C18H20F2N2O3S. The van der Waals surface area contributed by atoms with E-state index in [-0.39, 0.29) is 28.0 Å². The second-order valence-corrected chi connectivity index (χ2v) is 7.99. The van der Waals surface area contributed by atoms with Crippen molar-refractivity contribution in [2.24, 2.45) is 5.92 Å². The van der Waals surface area contributed by atoms with E-state index in [1.165, 1.54) is 18.2 Å². The molecule has 0 radical (unpaired) electrons. The van der Waals surface area contributed by atoms with E-state index in [9.17, 15) is 22.0 Å². The van der Waals surface area contributed by atoms with Crippen molar-refractivity contribution in [1.29, 1.82) is 0 Å². The third kappa shape index (κ3) is 4.78. The summed E-state index contributed by atoms with van der Waals surface area (Å²) in [5, 5.41) is 2.73. The molecule has 1 amide bonds. The molecule has 0 saturated carbocycles. The number of hydrogen-bond acceptors (Lipinski definition) is 3. The van der Waals surface area contributed by atoms with Crippen LogP contribution in [0.3, 0.4) is 0 Å². The number of sulfonamides is 1. The molecule has 0 aliphatic rings. The number of halogens is 2. The molecular weight excluding hydrogens is 362 g/mol. The standard InChI is InChI=1S/C18H20F2N2O3S/c1-11(2)10-21-18(23)15-9-14(6-4-12(15)3)26(24,25)22-17-7-5-13(19)8-16(17)20/h4-9,11,22H,10H2,1-3H3,(H,21,23). The first-order valence-electron chi connectivity index (χ1n) is 7.97. The van der Waals surface area contributed by atoms with E-state index in [4.69, 9.17) is 0 Å². The second-order valence-electron chi connectivity index (χ2n) is 6.31. The number of aryl methyl sites for hydroxylation is 1. The molecule has 140 valence electrons. The van der Waals surface area contributed by atoms with Gasteiger partial charge in [0, 0.05) is 18.2 Å². The minimum absolute atomic E-state index is 0.193. The first-order valence-corrected chi connectivity index (χ1v) is 9.45. The zero-order chi connectivity index (χ0) is 19.5. The fraction of sp³-hybridized carbons (Fsp3) is 0.278. The highest BCUT2D eigenvalue weighted by atomic mass is 32.2. The van der Waals surface area contributed by atoms with E-state index in [2.05, 4.69) is 10.0 Å². The van der Waals surface area contributed by atoms with Gasteiger partial charge in [-0.05, 0) is 42.7 Å². The Morgan fingerprint density at radius 3 is 2.42 bits per heavy atom. The van der Waals surface area contributed by atoms with Gasteiger partial charge in [-0.3, -0.25) is 9.52 Å². The molecule has 0 unspecified atom stereocenters. The molecule has 2 N–H and O–H groups in total. The zero-order valence-electron chi connectivity index (χ0n) is 14.6. The number of hydrogen-bond donors (Lipinski definition) is 2. The third-order valence-corrected chi connectivity index (χ3v) is 4.97. The lowest BCUT2D eigenvalue weighted by Gasteiger charge is -2.13. The Hall–Kier alpha value is -2.48. The number of carbonyl (C=O) groups excluding carboxylic acids is 1. The predicted octanol–water partition coefficient (Wildman–Crippen LogP) is 3.46. The molecule has 0 aliphatic heterocycles. The molecule has 8 heteroatoms. The first-order chi connectivity index (χ1) is 12.1. The lowest BCUT2D eigenvalue weighted by Crippen LogP contribution is -2.28. The van der Waals surface area contributed by atoms with Crippen molar-refractivity contribution in [3.8, 4) is 0 Å². The third-order valence-electron chi connectivity index (χ3n) is 3.61. The summed E-state index contributed by atoms with van der Waals surface area (Å²) in [7, 11) is -4.15. The molecule has 0 heterocycles. The number of benzene rings is 2. The molecule has 0 spiro atoms. The molecule has 2 rings (SSSR count). The van der Waals surface area contributed by atoms with Gasteiger partial charge in [-0.2, -0.15) is 0 Å². The molecule has 5 nitrogen and oxygen atoms in total. The number of amides is 1. The molecule has 0 bridgehead atoms. The van der Waals surface area contributed by atoms with Gasteiger partial charge < -0.3 is 5.32 Å². The molecule has 2 aromatic carbocycles. The minimum Gasteiger partial charge on any atom is -0.352 e. The average Bonchev–Trinajstić information content (AvgIpc) is 2.55. The average molecular weight is 382 g/mol. The van der Waals surface area contributed by atoms with Crippen LogP contribution >= 0.6 is 0 Å². The van der Waals surface area contributed by atoms with Gasteiger partial charge >= 0.3 is 0 Å². The maximum absolute atomic E-state index is 13.7. The van der Waals surface area contributed by atoms with Crippen molar-refractivity contribution in [2.45, 2.75) is 25.7 Å². The lowest BCUT2D eigenvalue weighted by atomic mass is 10.1. The van der Waals surface area contributed by atoms with Gasteiger partial charge in [-0.1, -0.05) is 19.9 Å². The highest BCUT2D eigenvalue weighted by Gasteiger charge is 2.20. The van der Waals surface area contributed by atoms with Crippen LogP contribution in [0.1, 0.15) is 29.8 Å². The summed E-state index contributed by atoms with van der Waals surface area (Å²) in [5.74, 6) is -1.99. The van der Waals surface area contributed by atoms with E-state index in [1.807, 2.05) is 13.8 Å². The monoisotopic (exact) mass is 382 g/mol. The summed E-state index contributed by atoms with van der Waals surface area (Å²) in [6.07, 6.45) is 0. The van der Waals surface area contributed by atoms with Crippen LogP contribution in [0.5, 0.6) is 0 Å². The second kappa shape index (κ2) is 7.82. The summed E-state index contributed by atoms with van der Waals surface area (Å²) in [6.45, 7) is 6.02. The van der Waals surface area contributed by atoms with Gasteiger partial charge in [0.1, 0.15) is 11.6 Å². The molecule has 0 fully saturated rings. The van der Waals surface area contributed by atoms with E-state index < -0.39 is 21.7 Å². The van der Waals surface area contributed by atoms with Crippen LogP contribution in [0, 0.1) is 24.5 Å². The van der Waals surface area contributed by atoms with Crippen LogP contribution in [0.15, 0.2) is 41.3 Å².